The number of carboxylic acids is 1. The number of aromatic hydroxyl groups is 2. The van der Waals surface area contributed by atoms with Gasteiger partial charge in [-0.25, -0.2) is 0 Å². The van der Waals surface area contributed by atoms with Gasteiger partial charge in [0.15, 0.2) is 11.5 Å². The van der Waals surface area contributed by atoms with Gasteiger partial charge in [-0.2, -0.15) is 13.2 Å². The molecule has 0 radical (unpaired) electrons. The summed E-state index contributed by atoms with van der Waals surface area (Å²) in [6.07, 6.45) is -3.76. The average molecular weight is 276 g/mol. The van der Waals surface area contributed by atoms with Crippen LogP contribution in [0.15, 0.2) is 12.1 Å². The zero-order valence-corrected chi connectivity index (χ0v) is 9.66. The van der Waals surface area contributed by atoms with Crippen LogP contribution in [0.1, 0.15) is 30.4 Å². The molecule has 19 heavy (non-hydrogen) atoms. The van der Waals surface area contributed by atoms with Crippen molar-refractivity contribution in [1.82, 2.24) is 0 Å². The molecule has 0 aliphatic heterocycles. The molecule has 1 aliphatic carbocycles. The normalized spacial score (nSPS) is 17.8. The maximum absolute atomic E-state index is 12.5. The molecule has 0 spiro atoms. The van der Waals surface area contributed by atoms with Crippen LogP contribution in [0.5, 0.6) is 11.5 Å². The van der Waals surface area contributed by atoms with E-state index in [0.717, 1.165) is 6.07 Å². The maximum atomic E-state index is 12.5. The van der Waals surface area contributed by atoms with E-state index in [1.807, 2.05) is 0 Å². The molecule has 0 unspecified atom stereocenters. The highest BCUT2D eigenvalue weighted by molar-refractivity contribution is 5.84. The highest BCUT2D eigenvalue weighted by Gasteiger charge is 2.49. The zero-order valence-electron chi connectivity index (χ0n) is 9.66. The summed E-state index contributed by atoms with van der Waals surface area (Å²) in [4.78, 5) is 11.2. The number of halogens is 3. The number of hydrogen-bond donors (Lipinski definition) is 3. The molecule has 104 valence electrons. The fourth-order valence-corrected chi connectivity index (χ4v) is 2.32. The SMILES string of the molecule is O=C(O)C1(c2ccc(C(F)(F)F)c(O)c2O)CCC1. The summed E-state index contributed by atoms with van der Waals surface area (Å²) in [5.41, 5.74) is -2.95. The van der Waals surface area contributed by atoms with E-state index < -0.39 is 34.6 Å². The Morgan fingerprint density at radius 1 is 1.16 bits per heavy atom. The second-order valence-electron chi connectivity index (χ2n) is 4.60. The Balaban J connectivity index is 2.57. The highest BCUT2D eigenvalue weighted by atomic mass is 19.4. The number of phenols is 2. The van der Waals surface area contributed by atoms with Crippen molar-refractivity contribution in [3.05, 3.63) is 23.3 Å². The van der Waals surface area contributed by atoms with E-state index in [9.17, 15) is 28.2 Å². The van der Waals surface area contributed by atoms with Gasteiger partial charge in [-0.15, -0.1) is 0 Å². The number of phenolic OH excluding ortho intramolecular Hbond substituents is 2. The van der Waals surface area contributed by atoms with Crippen LogP contribution >= 0.6 is 0 Å². The van der Waals surface area contributed by atoms with E-state index in [2.05, 4.69) is 0 Å². The quantitative estimate of drug-likeness (QED) is 0.726. The van der Waals surface area contributed by atoms with Crippen molar-refractivity contribution in [1.29, 1.82) is 0 Å². The molecule has 0 saturated heterocycles. The summed E-state index contributed by atoms with van der Waals surface area (Å²) >= 11 is 0. The summed E-state index contributed by atoms with van der Waals surface area (Å²) in [6, 6.07) is 1.51. The van der Waals surface area contributed by atoms with Crippen LogP contribution in [0.3, 0.4) is 0 Å². The van der Waals surface area contributed by atoms with Crippen molar-refractivity contribution in [2.45, 2.75) is 30.9 Å². The molecule has 3 N–H and O–H groups in total. The molecule has 1 fully saturated rings. The summed E-state index contributed by atoms with van der Waals surface area (Å²) in [5.74, 6) is -3.54. The van der Waals surface area contributed by atoms with Gasteiger partial charge >= 0.3 is 12.1 Å². The maximum Gasteiger partial charge on any atom is 0.420 e. The zero-order chi connectivity index (χ0) is 14.4. The molecule has 0 amide bonds. The molecule has 0 heterocycles. The number of benzene rings is 1. The second kappa shape index (κ2) is 4.04. The number of hydrogen-bond acceptors (Lipinski definition) is 3. The highest BCUT2D eigenvalue weighted by Crippen LogP contribution is 2.51. The predicted molar refractivity (Wildman–Crippen MR) is 57.9 cm³/mol. The van der Waals surface area contributed by atoms with Crippen LogP contribution in [0, 0.1) is 0 Å². The van der Waals surface area contributed by atoms with Gasteiger partial charge < -0.3 is 15.3 Å². The number of carbonyl (C=O) groups is 1. The minimum atomic E-state index is -4.81. The first-order valence-corrected chi connectivity index (χ1v) is 5.56. The lowest BCUT2D eigenvalue weighted by atomic mass is 9.64. The molecular weight excluding hydrogens is 265 g/mol. The van der Waals surface area contributed by atoms with Crippen LogP contribution in [0.4, 0.5) is 13.2 Å². The predicted octanol–water partition coefficient (Wildman–Crippen LogP) is 2.62. The first-order chi connectivity index (χ1) is 8.70. The molecule has 4 nitrogen and oxygen atoms in total. The molecule has 0 atom stereocenters. The first kappa shape index (κ1) is 13.5. The number of alkyl halides is 3. The topological polar surface area (TPSA) is 77.8 Å². The van der Waals surface area contributed by atoms with Crippen LogP contribution in [0.25, 0.3) is 0 Å². The standard InChI is InChI=1S/C12H11F3O4/c13-12(14,15)7-3-2-6(8(16)9(7)17)11(10(18)19)4-1-5-11/h2-3,16-17H,1,4-5H2,(H,18,19). The molecular formula is C12H11F3O4. The summed E-state index contributed by atoms with van der Waals surface area (Å²) in [7, 11) is 0. The van der Waals surface area contributed by atoms with Crippen molar-refractivity contribution in [3.63, 3.8) is 0 Å². The van der Waals surface area contributed by atoms with Gasteiger partial charge in [-0.3, -0.25) is 4.79 Å². The van der Waals surface area contributed by atoms with Crippen molar-refractivity contribution in [2.75, 3.05) is 0 Å². The van der Waals surface area contributed by atoms with E-state index in [1.165, 1.54) is 0 Å². The third kappa shape index (κ3) is 1.89. The fourth-order valence-electron chi connectivity index (χ4n) is 2.32. The summed E-state index contributed by atoms with van der Waals surface area (Å²) in [5, 5.41) is 28.3. The molecule has 0 bridgehead atoms. The minimum absolute atomic E-state index is 0.170. The van der Waals surface area contributed by atoms with E-state index in [-0.39, 0.29) is 18.4 Å². The number of rotatable bonds is 2. The fraction of sp³-hybridized carbons (Fsp3) is 0.417. The van der Waals surface area contributed by atoms with Crippen molar-refractivity contribution >= 4 is 5.97 Å². The molecule has 7 heteroatoms. The van der Waals surface area contributed by atoms with Crippen LogP contribution in [-0.2, 0) is 16.4 Å². The molecule has 1 aromatic carbocycles. The minimum Gasteiger partial charge on any atom is -0.504 e. The molecule has 1 aliphatic rings. The number of carboxylic acid groups (broad SMARTS) is 1. The van der Waals surface area contributed by atoms with Gasteiger partial charge in [-0.05, 0) is 18.9 Å². The monoisotopic (exact) mass is 276 g/mol. The average Bonchev–Trinajstić information content (AvgIpc) is 2.20. The van der Waals surface area contributed by atoms with E-state index in [4.69, 9.17) is 5.11 Å². The van der Waals surface area contributed by atoms with Crippen LogP contribution < -0.4 is 0 Å². The Labute approximate surface area is 106 Å². The molecule has 1 aromatic rings. The van der Waals surface area contributed by atoms with E-state index in [0.29, 0.717) is 12.5 Å². The van der Waals surface area contributed by atoms with Gasteiger partial charge in [0.25, 0.3) is 0 Å². The van der Waals surface area contributed by atoms with Crippen LogP contribution in [0.2, 0.25) is 0 Å². The van der Waals surface area contributed by atoms with E-state index >= 15 is 0 Å². The molecule has 2 rings (SSSR count). The second-order valence-corrected chi connectivity index (χ2v) is 4.60. The molecule has 0 aromatic heterocycles. The molecule has 1 saturated carbocycles. The van der Waals surface area contributed by atoms with E-state index in [1.54, 1.807) is 0 Å². The Hall–Kier alpha value is -1.92. The van der Waals surface area contributed by atoms with Gasteiger partial charge in [-0.1, -0.05) is 12.5 Å². The van der Waals surface area contributed by atoms with Crippen molar-refractivity contribution in [3.8, 4) is 11.5 Å². The third-order valence-electron chi connectivity index (χ3n) is 3.59. The van der Waals surface area contributed by atoms with Gasteiger partial charge in [0.2, 0.25) is 0 Å². The Morgan fingerprint density at radius 2 is 1.74 bits per heavy atom. The lowest BCUT2D eigenvalue weighted by molar-refractivity contribution is -0.147. The summed E-state index contributed by atoms with van der Waals surface area (Å²) in [6.45, 7) is 0. The van der Waals surface area contributed by atoms with Crippen molar-refractivity contribution < 1.29 is 33.3 Å². The number of aliphatic carboxylic acids is 1. The largest absolute Gasteiger partial charge is 0.504 e. The van der Waals surface area contributed by atoms with Gasteiger partial charge in [0.05, 0.1) is 5.41 Å². The first-order valence-electron chi connectivity index (χ1n) is 5.56. The van der Waals surface area contributed by atoms with Crippen molar-refractivity contribution in [2.24, 2.45) is 0 Å². The van der Waals surface area contributed by atoms with Crippen LogP contribution in [-0.4, -0.2) is 21.3 Å². The Kier molecular flexibility index (Phi) is 2.87. The lowest BCUT2D eigenvalue weighted by Gasteiger charge is -2.38. The summed E-state index contributed by atoms with van der Waals surface area (Å²) < 4.78 is 37.6. The lowest BCUT2D eigenvalue weighted by Crippen LogP contribution is -2.42. The smallest absolute Gasteiger partial charge is 0.420 e. The Morgan fingerprint density at radius 3 is 2.11 bits per heavy atom. The third-order valence-corrected chi connectivity index (χ3v) is 3.59. The van der Waals surface area contributed by atoms with Gasteiger partial charge in [0, 0.05) is 5.56 Å². The Bertz CT molecular complexity index is 533. The van der Waals surface area contributed by atoms with Gasteiger partial charge in [0.1, 0.15) is 5.56 Å².